The van der Waals surface area contributed by atoms with Gasteiger partial charge in [-0.05, 0) is 37.7 Å². The zero-order chi connectivity index (χ0) is 13.0. The van der Waals surface area contributed by atoms with Crippen molar-refractivity contribution in [1.29, 1.82) is 0 Å². The molecule has 1 N–H and O–H groups in total. The Morgan fingerprint density at radius 2 is 2.11 bits per heavy atom. The van der Waals surface area contributed by atoms with Crippen LogP contribution in [0.15, 0.2) is 36.7 Å². The highest BCUT2D eigenvalue weighted by atomic mass is 35.5. The van der Waals surface area contributed by atoms with E-state index >= 15 is 0 Å². The van der Waals surface area contributed by atoms with Crippen LogP contribution in [0.2, 0.25) is 5.02 Å². The van der Waals surface area contributed by atoms with E-state index in [9.17, 15) is 0 Å². The standard InChI is InChI=1S/C14H15ClN2O/c1-10-3-4-13(12(15)7-10)18-14-9-17-6-5-11(14)8-16-2/h3-7,9,16H,8H2,1-2H3. The van der Waals surface area contributed by atoms with Crippen molar-refractivity contribution in [1.82, 2.24) is 10.3 Å². The van der Waals surface area contributed by atoms with Crippen molar-refractivity contribution in [2.45, 2.75) is 13.5 Å². The molecule has 1 heterocycles. The molecule has 4 heteroatoms. The highest BCUT2D eigenvalue weighted by Gasteiger charge is 2.07. The third-order valence-electron chi connectivity index (χ3n) is 2.54. The Labute approximate surface area is 112 Å². The minimum Gasteiger partial charge on any atom is -0.454 e. The quantitative estimate of drug-likeness (QED) is 0.915. The Morgan fingerprint density at radius 1 is 1.28 bits per heavy atom. The van der Waals surface area contributed by atoms with E-state index in [0.717, 1.165) is 23.4 Å². The Kier molecular flexibility index (Phi) is 4.18. The van der Waals surface area contributed by atoms with Gasteiger partial charge in [-0.1, -0.05) is 17.7 Å². The lowest BCUT2D eigenvalue weighted by molar-refractivity contribution is 0.472. The number of nitrogens with one attached hydrogen (secondary N) is 1. The second kappa shape index (κ2) is 5.85. The number of aryl methyl sites for hydroxylation is 1. The molecule has 2 aromatic rings. The maximum Gasteiger partial charge on any atom is 0.150 e. The molecule has 18 heavy (non-hydrogen) atoms. The molecule has 0 aliphatic carbocycles. The van der Waals surface area contributed by atoms with Crippen molar-refractivity contribution in [3.63, 3.8) is 0 Å². The molecule has 1 aromatic carbocycles. The summed E-state index contributed by atoms with van der Waals surface area (Å²) in [4.78, 5) is 4.08. The molecular weight excluding hydrogens is 248 g/mol. The molecule has 0 aliphatic heterocycles. The molecule has 0 amide bonds. The summed E-state index contributed by atoms with van der Waals surface area (Å²) in [6.07, 6.45) is 3.44. The highest BCUT2D eigenvalue weighted by Crippen LogP contribution is 2.31. The van der Waals surface area contributed by atoms with Gasteiger partial charge in [0, 0.05) is 18.3 Å². The summed E-state index contributed by atoms with van der Waals surface area (Å²) in [6.45, 7) is 2.72. The van der Waals surface area contributed by atoms with Gasteiger partial charge in [-0.15, -0.1) is 0 Å². The van der Waals surface area contributed by atoms with Crippen molar-refractivity contribution >= 4 is 11.6 Å². The molecule has 0 radical (unpaired) electrons. The van der Waals surface area contributed by atoms with E-state index in [1.54, 1.807) is 12.4 Å². The van der Waals surface area contributed by atoms with Crippen LogP contribution in [0.25, 0.3) is 0 Å². The fourth-order valence-electron chi connectivity index (χ4n) is 1.64. The van der Waals surface area contributed by atoms with Gasteiger partial charge < -0.3 is 10.1 Å². The number of hydrogen-bond acceptors (Lipinski definition) is 3. The minimum absolute atomic E-state index is 0.606. The van der Waals surface area contributed by atoms with Crippen LogP contribution < -0.4 is 10.1 Å². The maximum atomic E-state index is 6.15. The summed E-state index contributed by atoms with van der Waals surface area (Å²) in [5.74, 6) is 1.37. The topological polar surface area (TPSA) is 34.2 Å². The molecule has 1 aromatic heterocycles. The number of benzene rings is 1. The van der Waals surface area contributed by atoms with Crippen molar-refractivity contribution in [3.05, 3.63) is 52.8 Å². The van der Waals surface area contributed by atoms with Crippen molar-refractivity contribution in [3.8, 4) is 11.5 Å². The van der Waals surface area contributed by atoms with E-state index in [1.165, 1.54) is 0 Å². The van der Waals surface area contributed by atoms with Crippen LogP contribution in [0.4, 0.5) is 0 Å². The fraction of sp³-hybridized carbons (Fsp3) is 0.214. The summed E-state index contributed by atoms with van der Waals surface area (Å²) >= 11 is 6.15. The third-order valence-corrected chi connectivity index (χ3v) is 2.84. The molecule has 0 atom stereocenters. The van der Waals surface area contributed by atoms with Crippen molar-refractivity contribution < 1.29 is 4.74 Å². The number of pyridine rings is 1. The van der Waals surface area contributed by atoms with E-state index in [0.29, 0.717) is 10.8 Å². The number of ether oxygens (including phenoxy) is 1. The van der Waals surface area contributed by atoms with Gasteiger partial charge in [0.1, 0.15) is 11.5 Å². The fourth-order valence-corrected chi connectivity index (χ4v) is 1.92. The summed E-state index contributed by atoms with van der Waals surface area (Å²) in [5.41, 5.74) is 2.15. The van der Waals surface area contributed by atoms with Gasteiger partial charge in [0.15, 0.2) is 0 Å². The summed E-state index contributed by atoms with van der Waals surface area (Å²) in [6, 6.07) is 7.64. The predicted octanol–water partition coefficient (Wildman–Crippen LogP) is 3.56. The molecule has 2 rings (SSSR count). The predicted molar refractivity (Wildman–Crippen MR) is 73.3 cm³/mol. The Morgan fingerprint density at radius 3 is 2.83 bits per heavy atom. The van der Waals surface area contributed by atoms with Gasteiger partial charge in [-0.25, -0.2) is 0 Å². The Hall–Kier alpha value is -1.58. The Balaban J connectivity index is 2.28. The molecule has 0 saturated carbocycles. The number of nitrogens with zero attached hydrogens (tertiary/aromatic N) is 1. The van der Waals surface area contributed by atoms with Gasteiger partial charge in [0.25, 0.3) is 0 Å². The van der Waals surface area contributed by atoms with Crippen LogP contribution in [0.3, 0.4) is 0 Å². The normalized spacial score (nSPS) is 10.4. The van der Waals surface area contributed by atoms with Crippen LogP contribution in [-0.2, 0) is 6.54 Å². The SMILES string of the molecule is CNCc1ccncc1Oc1ccc(C)cc1Cl. The molecule has 0 fully saturated rings. The van der Waals surface area contributed by atoms with Crippen LogP contribution >= 0.6 is 11.6 Å². The summed E-state index contributed by atoms with van der Waals surface area (Å²) in [5, 5.41) is 3.70. The average Bonchev–Trinajstić information content (AvgIpc) is 2.35. The first-order valence-corrected chi connectivity index (χ1v) is 6.10. The number of halogens is 1. The van der Waals surface area contributed by atoms with Gasteiger partial charge in [0.2, 0.25) is 0 Å². The van der Waals surface area contributed by atoms with Crippen LogP contribution in [0.1, 0.15) is 11.1 Å². The van der Waals surface area contributed by atoms with Gasteiger partial charge >= 0.3 is 0 Å². The molecule has 0 spiro atoms. The Bertz CT molecular complexity index is 543. The second-order valence-electron chi connectivity index (χ2n) is 4.05. The lowest BCUT2D eigenvalue weighted by Gasteiger charge is -2.11. The van der Waals surface area contributed by atoms with E-state index < -0.39 is 0 Å². The largest absolute Gasteiger partial charge is 0.454 e. The van der Waals surface area contributed by atoms with Crippen LogP contribution in [0, 0.1) is 6.92 Å². The van der Waals surface area contributed by atoms with E-state index in [-0.39, 0.29) is 0 Å². The minimum atomic E-state index is 0.606. The average molecular weight is 263 g/mol. The van der Waals surface area contributed by atoms with Crippen LogP contribution in [0.5, 0.6) is 11.5 Å². The van der Waals surface area contributed by atoms with Gasteiger partial charge in [-0.3, -0.25) is 4.98 Å². The van der Waals surface area contributed by atoms with E-state index in [1.807, 2.05) is 38.2 Å². The third kappa shape index (κ3) is 3.00. The highest BCUT2D eigenvalue weighted by molar-refractivity contribution is 6.32. The van der Waals surface area contributed by atoms with E-state index in [2.05, 4.69) is 10.3 Å². The second-order valence-corrected chi connectivity index (χ2v) is 4.46. The molecule has 0 aliphatic rings. The number of hydrogen-bond donors (Lipinski definition) is 1. The molecule has 94 valence electrons. The number of aromatic nitrogens is 1. The summed E-state index contributed by atoms with van der Waals surface area (Å²) < 4.78 is 5.81. The monoisotopic (exact) mass is 262 g/mol. The molecule has 3 nitrogen and oxygen atoms in total. The smallest absolute Gasteiger partial charge is 0.150 e. The lowest BCUT2D eigenvalue weighted by Crippen LogP contribution is -2.06. The van der Waals surface area contributed by atoms with Gasteiger partial charge in [-0.2, -0.15) is 0 Å². The molecule has 0 bridgehead atoms. The van der Waals surface area contributed by atoms with Crippen LogP contribution in [-0.4, -0.2) is 12.0 Å². The zero-order valence-corrected chi connectivity index (χ0v) is 11.2. The zero-order valence-electron chi connectivity index (χ0n) is 10.4. The van der Waals surface area contributed by atoms with Crippen molar-refractivity contribution in [2.75, 3.05) is 7.05 Å². The van der Waals surface area contributed by atoms with E-state index in [4.69, 9.17) is 16.3 Å². The number of rotatable bonds is 4. The first-order chi connectivity index (χ1) is 8.70. The molecule has 0 unspecified atom stereocenters. The first-order valence-electron chi connectivity index (χ1n) is 5.72. The summed E-state index contributed by atoms with van der Waals surface area (Å²) in [7, 11) is 1.89. The van der Waals surface area contributed by atoms with Crippen molar-refractivity contribution in [2.24, 2.45) is 0 Å². The first kappa shape index (κ1) is 12.9. The maximum absolute atomic E-state index is 6.15. The van der Waals surface area contributed by atoms with Gasteiger partial charge in [0.05, 0.1) is 11.2 Å². The lowest BCUT2D eigenvalue weighted by atomic mass is 10.2. The molecular formula is C14H15ClN2O. The molecule has 0 saturated heterocycles.